The predicted octanol–water partition coefficient (Wildman–Crippen LogP) is 1.43. The Kier molecular flexibility index (Phi) is 6.83. The highest BCUT2D eigenvalue weighted by molar-refractivity contribution is 5.73. The van der Waals surface area contributed by atoms with Gasteiger partial charge in [0.25, 0.3) is 0 Å². The number of hydrogen-bond donors (Lipinski definition) is 2. The maximum atomic E-state index is 14.4. The van der Waals surface area contributed by atoms with Crippen LogP contribution in [0.2, 0.25) is 0 Å². The summed E-state index contributed by atoms with van der Waals surface area (Å²) in [7, 11) is 0. The van der Waals surface area contributed by atoms with Gasteiger partial charge in [0, 0.05) is 38.8 Å². The zero-order chi connectivity index (χ0) is 21.7. The molecule has 160 valence electrons. The molecular weight excluding hydrogens is 387 g/mol. The first-order valence-electron chi connectivity index (χ1n) is 9.88. The van der Waals surface area contributed by atoms with E-state index in [1.165, 1.54) is 6.07 Å². The minimum absolute atomic E-state index is 0.0518. The number of carbonyl (C=O) groups is 2. The van der Waals surface area contributed by atoms with Crippen molar-refractivity contribution in [3.8, 4) is 0 Å². The van der Waals surface area contributed by atoms with Gasteiger partial charge in [0.15, 0.2) is 0 Å². The molecule has 2 aromatic rings. The number of nitrogens with two attached hydrogens (primary N) is 2. The summed E-state index contributed by atoms with van der Waals surface area (Å²) in [5.41, 5.74) is 8.14. The number of rotatable bonds is 6. The molecule has 1 saturated heterocycles. The van der Waals surface area contributed by atoms with E-state index in [-0.39, 0.29) is 18.3 Å². The molecule has 9 heteroatoms. The van der Waals surface area contributed by atoms with E-state index < -0.39 is 6.03 Å². The van der Waals surface area contributed by atoms with E-state index in [1.54, 1.807) is 19.1 Å². The molecule has 0 atom stereocenters. The fourth-order valence-electron chi connectivity index (χ4n) is 3.46. The molecule has 2 heterocycles. The van der Waals surface area contributed by atoms with Gasteiger partial charge in [0.2, 0.25) is 5.91 Å². The van der Waals surface area contributed by atoms with Crippen molar-refractivity contribution in [1.82, 2.24) is 14.9 Å². The zero-order valence-electron chi connectivity index (χ0n) is 17.1. The van der Waals surface area contributed by atoms with Crippen LogP contribution in [-0.2, 0) is 24.2 Å². The highest BCUT2D eigenvalue weighted by Crippen LogP contribution is 2.18. The third-order valence-electron chi connectivity index (χ3n) is 5.30. The Morgan fingerprint density at radius 3 is 2.43 bits per heavy atom. The first kappa shape index (κ1) is 21.5. The molecule has 0 spiro atoms. The van der Waals surface area contributed by atoms with Crippen LogP contribution in [0.4, 0.5) is 14.9 Å². The van der Waals surface area contributed by atoms with Crippen LogP contribution in [0.25, 0.3) is 0 Å². The monoisotopic (exact) mass is 414 g/mol. The van der Waals surface area contributed by atoms with E-state index >= 15 is 0 Å². The Morgan fingerprint density at radius 1 is 1.13 bits per heavy atom. The number of carbonyl (C=O) groups excluding carboxylic acids is 2. The summed E-state index contributed by atoms with van der Waals surface area (Å²) in [6, 6.07) is 8.01. The van der Waals surface area contributed by atoms with Gasteiger partial charge >= 0.3 is 6.03 Å². The second kappa shape index (κ2) is 9.53. The van der Waals surface area contributed by atoms with Gasteiger partial charge in [-0.2, -0.15) is 0 Å². The largest absolute Gasteiger partial charge is 0.367 e. The standard InChI is InChI=1S/C21H27FN6O2/c1-15(29)26-8-10-27(11-9-26)19-7-6-18(25-13-19)5-4-17-3-2-16(12-20(17)22)14-28(24)21(23)30/h2-3,6-7,12-13H,4-5,8-11,14,24H2,1H3,(H2,23,30). The van der Waals surface area contributed by atoms with E-state index in [0.717, 1.165) is 29.5 Å². The van der Waals surface area contributed by atoms with E-state index in [2.05, 4.69) is 9.88 Å². The first-order chi connectivity index (χ1) is 14.3. The number of amides is 3. The molecule has 1 aliphatic heterocycles. The number of hydrogen-bond acceptors (Lipinski definition) is 5. The van der Waals surface area contributed by atoms with Crippen LogP contribution in [0.3, 0.4) is 0 Å². The molecule has 1 aliphatic rings. The Labute approximate surface area is 175 Å². The van der Waals surface area contributed by atoms with Crippen molar-refractivity contribution in [1.29, 1.82) is 0 Å². The maximum Gasteiger partial charge on any atom is 0.329 e. The Bertz CT molecular complexity index is 897. The Hall–Kier alpha value is -3.20. The van der Waals surface area contributed by atoms with Gasteiger partial charge in [-0.15, -0.1) is 0 Å². The number of aromatic nitrogens is 1. The molecular formula is C21H27FN6O2. The topological polar surface area (TPSA) is 109 Å². The van der Waals surface area contributed by atoms with Crippen molar-refractivity contribution < 1.29 is 14.0 Å². The number of halogens is 1. The molecule has 1 aromatic carbocycles. The quantitative estimate of drug-likeness (QED) is 0.422. The zero-order valence-corrected chi connectivity index (χ0v) is 17.1. The number of benzene rings is 1. The molecule has 4 N–H and O–H groups in total. The summed E-state index contributed by atoms with van der Waals surface area (Å²) in [6.07, 6.45) is 2.95. The summed E-state index contributed by atoms with van der Waals surface area (Å²) in [4.78, 5) is 31.0. The van der Waals surface area contributed by atoms with Crippen molar-refractivity contribution in [3.05, 3.63) is 59.2 Å². The van der Waals surface area contributed by atoms with E-state index in [1.807, 2.05) is 23.2 Å². The van der Waals surface area contributed by atoms with Crippen molar-refractivity contribution in [2.24, 2.45) is 11.6 Å². The van der Waals surface area contributed by atoms with E-state index in [0.29, 0.717) is 37.1 Å². The molecule has 8 nitrogen and oxygen atoms in total. The normalized spacial score (nSPS) is 14.0. The number of nitrogens with zero attached hydrogens (tertiary/aromatic N) is 4. The third-order valence-corrected chi connectivity index (χ3v) is 5.30. The highest BCUT2D eigenvalue weighted by Gasteiger charge is 2.19. The summed E-state index contributed by atoms with van der Waals surface area (Å²) >= 11 is 0. The van der Waals surface area contributed by atoms with Crippen LogP contribution in [0, 0.1) is 5.82 Å². The van der Waals surface area contributed by atoms with Crippen molar-refractivity contribution in [2.45, 2.75) is 26.3 Å². The lowest BCUT2D eigenvalue weighted by Gasteiger charge is -2.35. The maximum absolute atomic E-state index is 14.4. The number of urea groups is 1. The van der Waals surface area contributed by atoms with Crippen LogP contribution in [0.5, 0.6) is 0 Å². The third kappa shape index (κ3) is 5.44. The average molecular weight is 414 g/mol. The lowest BCUT2D eigenvalue weighted by Crippen LogP contribution is -2.48. The molecule has 3 rings (SSSR count). The first-order valence-corrected chi connectivity index (χ1v) is 9.88. The van der Waals surface area contributed by atoms with Crippen LogP contribution in [0.15, 0.2) is 36.5 Å². The van der Waals surface area contributed by atoms with Gasteiger partial charge < -0.3 is 15.5 Å². The van der Waals surface area contributed by atoms with Crippen molar-refractivity contribution in [2.75, 3.05) is 31.1 Å². The van der Waals surface area contributed by atoms with E-state index in [9.17, 15) is 14.0 Å². The molecule has 0 radical (unpaired) electrons. The molecule has 0 unspecified atom stereocenters. The highest BCUT2D eigenvalue weighted by atomic mass is 19.1. The van der Waals surface area contributed by atoms with E-state index in [4.69, 9.17) is 11.6 Å². The van der Waals surface area contributed by atoms with Crippen LogP contribution < -0.4 is 16.5 Å². The molecule has 1 aromatic heterocycles. The SMILES string of the molecule is CC(=O)N1CCN(c2ccc(CCc3ccc(CN(N)C(N)=O)cc3F)nc2)CC1. The summed E-state index contributed by atoms with van der Waals surface area (Å²) in [5.74, 6) is 5.23. The van der Waals surface area contributed by atoms with Crippen LogP contribution in [0.1, 0.15) is 23.7 Å². The number of anilines is 1. The number of piperazine rings is 1. The fraction of sp³-hybridized carbons (Fsp3) is 0.381. The Balaban J connectivity index is 1.54. The van der Waals surface area contributed by atoms with Gasteiger partial charge in [0.05, 0.1) is 18.4 Å². The van der Waals surface area contributed by atoms with Gasteiger partial charge in [-0.1, -0.05) is 12.1 Å². The second-order valence-corrected chi connectivity index (χ2v) is 7.39. The smallest absolute Gasteiger partial charge is 0.329 e. The molecule has 0 saturated carbocycles. The minimum Gasteiger partial charge on any atom is -0.367 e. The van der Waals surface area contributed by atoms with Crippen LogP contribution >= 0.6 is 0 Å². The summed E-state index contributed by atoms with van der Waals surface area (Å²) < 4.78 is 14.4. The average Bonchev–Trinajstić information content (AvgIpc) is 2.73. The Morgan fingerprint density at radius 2 is 1.87 bits per heavy atom. The van der Waals surface area contributed by atoms with Gasteiger partial charge in [0.1, 0.15) is 5.82 Å². The lowest BCUT2D eigenvalue weighted by molar-refractivity contribution is -0.129. The van der Waals surface area contributed by atoms with Gasteiger partial charge in [-0.3, -0.25) is 14.8 Å². The fourth-order valence-corrected chi connectivity index (χ4v) is 3.46. The molecule has 1 fully saturated rings. The van der Waals surface area contributed by atoms with Gasteiger partial charge in [-0.05, 0) is 42.2 Å². The predicted molar refractivity (Wildman–Crippen MR) is 112 cm³/mol. The number of pyridine rings is 1. The van der Waals surface area contributed by atoms with Gasteiger partial charge in [-0.25, -0.2) is 15.0 Å². The number of hydrazine groups is 1. The van der Waals surface area contributed by atoms with Crippen LogP contribution in [-0.4, -0.2) is 53.0 Å². The lowest BCUT2D eigenvalue weighted by atomic mass is 10.0. The minimum atomic E-state index is -0.769. The molecule has 0 bridgehead atoms. The molecule has 3 amide bonds. The van der Waals surface area contributed by atoms with Crippen molar-refractivity contribution >= 4 is 17.6 Å². The molecule has 30 heavy (non-hydrogen) atoms. The summed E-state index contributed by atoms with van der Waals surface area (Å²) in [6.45, 7) is 4.65. The number of aryl methyl sites for hydroxylation is 2. The second-order valence-electron chi connectivity index (χ2n) is 7.39. The number of primary amides is 1. The summed E-state index contributed by atoms with van der Waals surface area (Å²) in [5, 5.41) is 0.833. The van der Waals surface area contributed by atoms with Crippen molar-refractivity contribution in [3.63, 3.8) is 0 Å². The molecule has 0 aliphatic carbocycles.